The molecule has 1 fully saturated rings. The molecule has 2 rings (SSSR count). The molecule has 19 heavy (non-hydrogen) atoms. The van der Waals surface area contributed by atoms with Gasteiger partial charge in [-0.3, -0.25) is 9.69 Å². The molecule has 5 nitrogen and oxygen atoms in total. The first-order chi connectivity index (χ1) is 9.10. The minimum atomic E-state index is -0.770. The van der Waals surface area contributed by atoms with Gasteiger partial charge >= 0.3 is 5.97 Å². The summed E-state index contributed by atoms with van der Waals surface area (Å²) >= 11 is 0. The number of carboxylic acids is 1. The van der Waals surface area contributed by atoms with E-state index in [1.807, 2.05) is 6.07 Å². The van der Waals surface area contributed by atoms with Crippen LogP contribution in [0.3, 0.4) is 0 Å². The van der Waals surface area contributed by atoms with E-state index in [1.165, 1.54) is 7.11 Å². The van der Waals surface area contributed by atoms with Crippen LogP contribution in [0, 0.1) is 0 Å². The summed E-state index contributed by atoms with van der Waals surface area (Å²) in [5.74, 6) is -0.199. The largest absolute Gasteiger partial charge is 0.504 e. The number of hydrogen-bond donors (Lipinski definition) is 2. The van der Waals surface area contributed by atoms with Gasteiger partial charge in [0.05, 0.1) is 13.5 Å². The van der Waals surface area contributed by atoms with Crippen molar-refractivity contribution in [3.63, 3.8) is 0 Å². The Morgan fingerprint density at radius 1 is 1.47 bits per heavy atom. The van der Waals surface area contributed by atoms with Crippen LogP contribution in [-0.2, 0) is 11.3 Å². The molecule has 0 heterocycles. The summed E-state index contributed by atoms with van der Waals surface area (Å²) < 4.78 is 5.08. The zero-order valence-corrected chi connectivity index (χ0v) is 11.0. The van der Waals surface area contributed by atoms with Gasteiger partial charge in [0.2, 0.25) is 0 Å². The van der Waals surface area contributed by atoms with E-state index in [2.05, 4.69) is 4.90 Å². The number of benzene rings is 1. The molecule has 0 amide bonds. The smallest absolute Gasteiger partial charge is 0.304 e. The highest BCUT2D eigenvalue weighted by atomic mass is 16.5. The summed E-state index contributed by atoms with van der Waals surface area (Å²) in [6, 6.07) is 5.75. The monoisotopic (exact) mass is 265 g/mol. The molecule has 2 N–H and O–H groups in total. The van der Waals surface area contributed by atoms with Gasteiger partial charge in [0.1, 0.15) is 0 Å². The van der Waals surface area contributed by atoms with E-state index < -0.39 is 5.97 Å². The van der Waals surface area contributed by atoms with Crippen LogP contribution in [0.5, 0.6) is 11.5 Å². The fraction of sp³-hybridized carbons (Fsp3) is 0.500. The highest BCUT2D eigenvalue weighted by Crippen LogP contribution is 2.31. The summed E-state index contributed by atoms with van der Waals surface area (Å²) in [6.07, 6.45) is 2.43. The average molecular weight is 265 g/mol. The summed E-state index contributed by atoms with van der Waals surface area (Å²) in [5, 5.41) is 18.3. The molecular formula is C14H19NO4. The molecular weight excluding hydrogens is 246 g/mol. The van der Waals surface area contributed by atoms with Gasteiger partial charge in [-0.05, 0) is 30.5 Å². The molecule has 1 aromatic carbocycles. The maximum absolute atomic E-state index is 10.7. The van der Waals surface area contributed by atoms with Gasteiger partial charge in [0, 0.05) is 19.1 Å². The summed E-state index contributed by atoms with van der Waals surface area (Å²) in [7, 11) is 1.52. The Bertz CT molecular complexity index is 457. The molecule has 1 saturated carbocycles. The number of phenolic OH excluding ortho intramolecular Hbond substituents is 1. The van der Waals surface area contributed by atoms with Crippen molar-refractivity contribution < 1.29 is 19.7 Å². The van der Waals surface area contributed by atoms with Crippen molar-refractivity contribution in [2.24, 2.45) is 0 Å². The molecule has 0 aromatic heterocycles. The lowest BCUT2D eigenvalue weighted by atomic mass is 10.2. The van der Waals surface area contributed by atoms with Crippen molar-refractivity contribution in [2.45, 2.75) is 31.8 Å². The van der Waals surface area contributed by atoms with Crippen LogP contribution in [0.15, 0.2) is 18.2 Å². The van der Waals surface area contributed by atoms with E-state index >= 15 is 0 Å². The molecule has 1 aromatic rings. The predicted octanol–water partition coefficient (Wildman–Crippen LogP) is 1.84. The molecule has 0 saturated heterocycles. The van der Waals surface area contributed by atoms with E-state index in [4.69, 9.17) is 9.84 Å². The van der Waals surface area contributed by atoms with Gasteiger partial charge in [-0.25, -0.2) is 0 Å². The van der Waals surface area contributed by atoms with Crippen molar-refractivity contribution >= 4 is 5.97 Å². The second-order valence-corrected chi connectivity index (χ2v) is 4.85. The van der Waals surface area contributed by atoms with Crippen LogP contribution in [0.4, 0.5) is 0 Å². The zero-order chi connectivity index (χ0) is 13.8. The summed E-state index contributed by atoms with van der Waals surface area (Å²) in [6.45, 7) is 1.25. The maximum atomic E-state index is 10.7. The van der Waals surface area contributed by atoms with Gasteiger partial charge in [0.25, 0.3) is 0 Å². The minimum absolute atomic E-state index is 0.120. The Hall–Kier alpha value is -1.75. The summed E-state index contributed by atoms with van der Waals surface area (Å²) in [4.78, 5) is 12.8. The quantitative estimate of drug-likeness (QED) is 0.787. The molecule has 1 aliphatic rings. The zero-order valence-electron chi connectivity index (χ0n) is 11.0. The molecule has 0 radical (unpaired) electrons. The van der Waals surface area contributed by atoms with E-state index in [1.54, 1.807) is 12.1 Å². The number of hydrogen-bond acceptors (Lipinski definition) is 4. The Balaban J connectivity index is 2.02. The van der Waals surface area contributed by atoms with Crippen LogP contribution >= 0.6 is 0 Å². The van der Waals surface area contributed by atoms with Gasteiger partial charge in [0.15, 0.2) is 11.5 Å². The number of carboxylic acid groups (broad SMARTS) is 1. The van der Waals surface area contributed by atoms with Gasteiger partial charge < -0.3 is 14.9 Å². The normalized spacial score (nSPS) is 14.6. The first-order valence-corrected chi connectivity index (χ1v) is 6.42. The number of rotatable bonds is 7. The topological polar surface area (TPSA) is 70.0 Å². The van der Waals surface area contributed by atoms with Crippen LogP contribution in [-0.4, -0.2) is 40.8 Å². The van der Waals surface area contributed by atoms with Crippen molar-refractivity contribution in [3.05, 3.63) is 23.8 Å². The van der Waals surface area contributed by atoms with Crippen molar-refractivity contribution in [1.82, 2.24) is 4.90 Å². The predicted molar refractivity (Wildman–Crippen MR) is 70.3 cm³/mol. The standard InChI is InChI=1S/C14H19NO4/c1-19-13-8-10(2-5-12(13)16)9-15(11-3-4-11)7-6-14(17)18/h2,5,8,11,16H,3-4,6-7,9H2,1H3,(H,17,18). The van der Waals surface area contributed by atoms with E-state index in [0.29, 0.717) is 24.9 Å². The van der Waals surface area contributed by atoms with Gasteiger partial charge in [-0.1, -0.05) is 6.07 Å². The lowest BCUT2D eigenvalue weighted by Crippen LogP contribution is -2.28. The van der Waals surface area contributed by atoms with E-state index in [9.17, 15) is 9.90 Å². The number of aliphatic carboxylic acids is 1. The van der Waals surface area contributed by atoms with Crippen LogP contribution in [0.1, 0.15) is 24.8 Å². The number of nitrogens with zero attached hydrogens (tertiary/aromatic N) is 1. The third kappa shape index (κ3) is 3.86. The fourth-order valence-electron chi connectivity index (χ4n) is 2.12. The third-order valence-electron chi connectivity index (χ3n) is 3.31. The van der Waals surface area contributed by atoms with Crippen LogP contribution in [0.25, 0.3) is 0 Å². The molecule has 0 aliphatic heterocycles. The minimum Gasteiger partial charge on any atom is -0.504 e. The summed E-state index contributed by atoms with van der Waals surface area (Å²) in [5.41, 5.74) is 1.02. The Morgan fingerprint density at radius 3 is 2.79 bits per heavy atom. The van der Waals surface area contributed by atoms with E-state index in [0.717, 1.165) is 18.4 Å². The van der Waals surface area contributed by atoms with Gasteiger partial charge in [-0.15, -0.1) is 0 Å². The second-order valence-electron chi connectivity index (χ2n) is 4.85. The number of methoxy groups -OCH3 is 1. The molecule has 1 aliphatic carbocycles. The maximum Gasteiger partial charge on any atom is 0.304 e. The highest BCUT2D eigenvalue weighted by molar-refractivity contribution is 5.66. The molecule has 0 spiro atoms. The molecule has 5 heteroatoms. The lowest BCUT2D eigenvalue weighted by molar-refractivity contribution is -0.137. The molecule has 0 bridgehead atoms. The third-order valence-corrected chi connectivity index (χ3v) is 3.31. The van der Waals surface area contributed by atoms with Crippen molar-refractivity contribution in [3.8, 4) is 11.5 Å². The van der Waals surface area contributed by atoms with Crippen molar-refractivity contribution in [1.29, 1.82) is 0 Å². The van der Waals surface area contributed by atoms with Crippen LogP contribution in [0.2, 0.25) is 0 Å². The number of ether oxygens (including phenoxy) is 1. The second kappa shape index (κ2) is 5.93. The first-order valence-electron chi connectivity index (χ1n) is 6.42. The number of aromatic hydroxyl groups is 1. The van der Waals surface area contributed by atoms with Crippen LogP contribution < -0.4 is 4.74 Å². The fourth-order valence-corrected chi connectivity index (χ4v) is 2.12. The molecule has 0 unspecified atom stereocenters. The lowest BCUT2D eigenvalue weighted by Gasteiger charge is -2.21. The SMILES string of the molecule is COc1cc(CN(CCC(=O)O)C2CC2)ccc1O. The van der Waals surface area contributed by atoms with E-state index in [-0.39, 0.29) is 12.2 Å². The number of phenols is 1. The Kier molecular flexibility index (Phi) is 4.27. The highest BCUT2D eigenvalue weighted by Gasteiger charge is 2.29. The van der Waals surface area contributed by atoms with Crippen molar-refractivity contribution in [2.75, 3.05) is 13.7 Å². The Labute approximate surface area is 112 Å². The first kappa shape index (κ1) is 13.7. The average Bonchev–Trinajstić information content (AvgIpc) is 3.20. The Morgan fingerprint density at radius 2 is 2.21 bits per heavy atom. The van der Waals surface area contributed by atoms with Gasteiger partial charge in [-0.2, -0.15) is 0 Å². The number of carbonyl (C=O) groups is 1. The molecule has 0 atom stereocenters. The molecule has 104 valence electrons.